The third kappa shape index (κ3) is 2.99. The largest absolute Gasteiger partial charge is 0.378 e. The van der Waals surface area contributed by atoms with E-state index in [1.165, 1.54) is 16.7 Å². The molecular weight excluding hydrogens is 264 g/mol. The summed E-state index contributed by atoms with van der Waals surface area (Å²) in [6.07, 6.45) is 3.85. The predicted molar refractivity (Wildman–Crippen MR) is 81.0 cm³/mol. The number of nitrogens with zero attached hydrogens (tertiary/aromatic N) is 3. The van der Waals surface area contributed by atoms with Crippen LogP contribution in [-0.4, -0.2) is 39.8 Å². The molecule has 5 nitrogen and oxygen atoms in total. The zero-order chi connectivity index (χ0) is 14.8. The molecule has 0 radical (unpaired) electrons. The summed E-state index contributed by atoms with van der Waals surface area (Å²) in [6, 6.07) is 2.47. The SMILES string of the molecule is Cc1cncc(CN2CCOC[C@@H]2c2c(C)n[nH]c2C)c1. The van der Waals surface area contributed by atoms with Crippen LogP contribution in [0.1, 0.15) is 34.1 Å². The first-order valence-corrected chi connectivity index (χ1v) is 7.39. The van der Waals surface area contributed by atoms with Crippen LogP contribution in [0.2, 0.25) is 0 Å². The summed E-state index contributed by atoms with van der Waals surface area (Å²) in [5, 5.41) is 7.41. The molecule has 1 saturated heterocycles. The fourth-order valence-electron chi connectivity index (χ4n) is 3.08. The van der Waals surface area contributed by atoms with Crippen molar-refractivity contribution in [1.82, 2.24) is 20.1 Å². The van der Waals surface area contributed by atoms with Crippen molar-refractivity contribution in [3.05, 3.63) is 46.5 Å². The third-order valence-electron chi connectivity index (χ3n) is 4.07. The number of aromatic amines is 1. The van der Waals surface area contributed by atoms with Crippen LogP contribution in [-0.2, 0) is 11.3 Å². The summed E-state index contributed by atoms with van der Waals surface area (Å²) < 4.78 is 5.71. The average molecular weight is 286 g/mol. The minimum absolute atomic E-state index is 0.262. The lowest BCUT2D eigenvalue weighted by Crippen LogP contribution is -2.39. The van der Waals surface area contributed by atoms with E-state index >= 15 is 0 Å². The van der Waals surface area contributed by atoms with Gasteiger partial charge in [-0.25, -0.2) is 0 Å². The Morgan fingerprint density at radius 1 is 1.33 bits per heavy atom. The van der Waals surface area contributed by atoms with Gasteiger partial charge in [-0.1, -0.05) is 6.07 Å². The summed E-state index contributed by atoms with van der Waals surface area (Å²) in [5.74, 6) is 0. The molecular formula is C16H22N4O. The number of nitrogens with one attached hydrogen (secondary N) is 1. The summed E-state index contributed by atoms with van der Waals surface area (Å²) in [4.78, 5) is 6.76. The topological polar surface area (TPSA) is 54.0 Å². The van der Waals surface area contributed by atoms with Crippen molar-refractivity contribution in [2.24, 2.45) is 0 Å². The Balaban J connectivity index is 1.85. The highest BCUT2D eigenvalue weighted by Crippen LogP contribution is 2.29. The second-order valence-corrected chi connectivity index (χ2v) is 5.78. The lowest BCUT2D eigenvalue weighted by atomic mass is 10.0. The van der Waals surface area contributed by atoms with Crippen molar-refractivity contribution in [3.63, 3.8) is 0 Å². The molecule has 3 rings (SSSR count). The number of rotatable bonds is 3. The number of H-pyrrole nitrogens is 1. The Labute approximate surface area is 125 Å². The maximum atomic E-state index is 5.71. The van der Waals surface area contributed by atoms with Gasteiger partial charge in [0.05, 0.1) is 24.9 Å². The summed E-state index contributed by atoms with van der Waals surface area (Å²) in [5.41, 5.74) is 5.93. The van der Waals surface area contributed by atoms with E-state index in [1.807, 2.05) is 12.4 Å². The number of pyridine rings is 1. The van der Waals surface area contributed by atoms with Crippen LogP contribution in [0.25, 0.3) is 0 Å². The van der Waals surface area contributed by atoms with E-state index in [1.54, 1.807) is 0 Å². The van der Waals surface area contributed by atoms with E-state index in [9.17, 15) is 0 Å². The molecule has 5 heteroatoms. The Hall–Kier alpha value is -1.72. The molecule has 1 aliphatic heterocycles. The smallest absolute Gasteiger partial charge is 0.0665 e. The van der Waals surface area contributed by atoms with Crippen molar-refractivity contribution in [3.8, 4) is 0 Å². The van der Waals surface area contributed by atoms with Crippen molar-refractivity contribution >= 4 is 0 Å². The molecule has 112 valence electrons. The van der Waals surface area contributed by atoms with Crippen LogP contribution in [0.15, 0.2) is 18.5 Å². The van der Waals surface area contributed by atoms with Crippen molar-refractivity contribution < 1.29 is 4.74 Å². The average Bonchev–Trinajstić information content (AvgIpc) is 2.79. The van der Waals surface area contributed by atoms with Gasteiger partial charge in [0.25, 0.3) is 0 Å². The minimum atomic E-state index is 0.262. The Morgan fingerprint density at radius 3 is 2.90 bits per heavy atom. The maximum Gasteiger partial charge on any atom is 0.0665 e. The fourth-order valence-corrected chi connectivity index (χ4v) is 3.08. The van der Waals surface area contributed by atoms with Gasteiger partial charge in [-0.3, -0.25) is 15.0 Å². The monoisotopic (exact) mass is 286 g/mol. The quantitative estimate of drug-likeness (QED) is 0.940. The second kappa shape index (κ2) is 5.95. The number of aromatic nitrogens is 3. The van der Waals surface area contributed by atoms with Crippen LogP contribution in [0.3, 0.4) is 0 Å². The number of aryl methyl sites for hydroxylation is 3. The zero-order valence-corrected chi connectivity index (χ0v) is 12.9. The van der Waals surface area contributed by atoms with Gasteiger partial charge >= 0.3 is 0 Å². The van der Waals surface area contributed by atoms with Crippen LogP contribution in [0.5, 0.6) is 0 Å². The Bertz CT molecular complexity index is 603. The maximum absolute atomic E-state index is 5.71. The van der Waals surface area contributed by atoms with E-state index in [2.05, 4.69) is 46.9 Å². The van der Waals surface area contributed by atoms with Gasteiger partial charge in [0.1, 0.15) is 0 Å². The van der Waals surface area contributed by atoms with E-state index in [0.29, 0.717) is 0 Å². The van der Waals surface area contributed by atoms with E-state index in [-0.39, 0.29) is 6.04 Å². The van der Waals surface area contributed by atoms with Gasteiger partial charge in [0, 0.05) is 36.7 Å². The van der Waals surface area contributed by atoms with Gasteiger partial charge in [-0.15, -0.1) is 0 Å². The highest BCUT2D eigenvalue weighted by molar-refractivity contribution is 5.28. The van der Waals surface area contributed by atoms with E-state index < -0.39 is 0 Å². The van der Waals surface area contributed by atoms with Gasteiger partial charge < -0.3 is 4.74 Å². The molecule has 1 aliphatic rings. The number of hydrogen-bond donors (Lipinski definition) is 1. The number of hydrogen-bond acceptors (Lipinski definition) is 4. The molecule has 0 aliphatic carbocycles. The summed E-state index contributed by atoms with van der Waals surface area (Å²) in [7, 11) is 0. The third-order valence-corrected chi connectivity index (χ3v) is 4.07. The molecule has 1 atom stereocenters. The van der Waals surface area contributed by atoms with E-state index in [4.69, 9.17) is 4.74 Å². The van der Waals surface area contributed by atoms with Crippen LogP contribution < -0.4 is 0 Å². The van der Waals surface area contributed by atoms with Gasteiger partial charge in [-0.2, -0.15) is 5.10 Å². The van der Waals surface area contributed by atoms with Crippen molar-refractivity contribution in [1.29, 1.82) is 0 Å². The molecule has 0 unspecified atom stereocenters. The number of morpholine rings is 1. The molecule has 3 heterocycles. The van der Waals surface area contributed by atoms with E-state index in [0.717, 1.165) is 37.7 Å². The minimum Gasteiger partial charge on any atom is -0.378 e. The van der Waals surface area contributed by atoms with Crippen LogP contribution in [0.4, 0.5) is 0 Å². The second-order valence-electron chi connectivity index (χ2n) is 5.78. The molecule has 0 saturated carbocycles. The molecule has 1 N–H and O–H groups in total. The highest BCUT2D eigenvalue weighted by Gasteiger charge is 2.28. The Kier molecular flexibility index (Phi) is 4.03. The molecule has 2 aromatic rings. The molecule has 1 fully saturated rings. The molecule has 0 bridgehead atoms. The zero-order valence-electron chi connectivity index (χ0n) is 12.9. The number of ether oxygens (including phenoxy) is 1. The normalized spacial score (nSPS) is 19.9. The highest BCUT2D eigenvalue weighted by atomic mass is 16.5. The first kappa shape index (κ1) is 14.2. The predicted octanol–water partition coefficient (Wildman–Crippen LogP) is 2.30. The first-order chi connectivity index (χ1) is 10.1. The molecule has 21 heavy (non-hydrogen) atoms. The molecule has 0 aromatic carbocycles. The lowest BCUT2D eigenvalue weighted by Gasteiger charge is -2.36. The summed E-state index contributed by atoms with van der Waals surface area (Å²) >= 11 is 0. The van der Waals surface area contributed by atoms with Gasteiger partial charge in [-0.05, 0) is 31.9 Å². The van der Waals surface area contributed by atoms with Gasteiger partial charge in [0.15, 0.2) is 0 Å². The van der Waals surface area contributed by atoms with Crippen molar-refractivity contribution in [2.45, 2.75) is 33.4 Å². The first-order valence-electron chi connectivity index (χ1n) is 7.39. The standard InChI is InChI=1S/C16H22N4O/c1-11-6-14(8-17-7-11)9-20-4-5-21-10-15(20)16-12(2)18-19-13(16)3/h6-8,15H,4-5,9-10H2,1-3H3,(H,18,19)/t15-/m1/s1. The molecule has 0 spiro atoms. The van der Waals surface area contributed by atoms with Crippen LogP contribution >= 0.6 is 0 Å². The molecule has 2 aromatic heterocycles. The lowest BCUT2D eigenvalue weighted by molar-refractivity contribution is -0.0132. The Morgan fingerprint density at radius 2 is 2.19 bits per heavy atom. The van der Waals surface area contributed by atoms with Gasteiger partial charge in [0.2, 0.25) is 0 Å². The molecule has 0 amide bonds. The fraction of sp³-hybridized carbons (Fsp3) is 0.500. The van der Waals surface area contributed by atoms with Crippen molar-refractivity contribution in [2.75, 3.05) is 19.8 Å². The van der Waals surface area contributed by atoms with Crippen LogP contribution in [0, 0.1) is 20.8 Å². The summed E-state index contributed by atoms with van der Waals surface area (Å²) in [6.45, 7) is 9.55.